The Morgan fingerprint density at radius 1 is 1.18 bits per heavy atom. The van der Waals surface area contributed by atoms with E-state index in [1.54, 1.807) is 6.07 Å². The molecule has 0 fully saturated rings. The number of halogens is 2. The predicted molar refractivity (Wildman–Crippen MR) is 72.8 cm³/mol. The van der Waals surface area contributed by atoms with Crippen LogP contribution in [-0.2, 0) is 13.0 Å². The van der Waals surface area contributed by atoms with E-state index in [1.165, 1.54) is 5.56 Å². The number of aromatic nitrogens is 1. The molecule has 90 valence electrons. The van der Waals surface area contributed by atoms with Crippen LogP contribution < -0.4 is 5.73 Å². The largest absolute Gasteiger partial charge is 0.350 e. The van der Waals surface area contributed by atoms with Crippen LogP contribution in [-0.4, -0.2) is 11.1 Å². The summed E-state index contributed by atoms with van der Waals surface area (Å²) in [5.74, 6) is 0. The molecule has 0 bridgehead atoms. The zero-order valence-electron chi connectivity index (χ0n) is 9.37. The second-order valence-electron chi connectivity index (χ2n) is 3.97. The highest BCUT2D eigenvalue weighted by Crippen LogP contribution is 2.21. The molecule has 0 saturated heterocycles. The second-order valence-corrected chi connectivity index (χ2v) is 4.81. The maximum absolute atomic E-state index is 6.12. The summed E-state index contributed by atoms with van der Waals surface area (Å²) in [6.07, 6.45) is 5.02. The monoisotopic (exact) mass is 268 g/mol. The van der Waals surface area contributed by atoms with Crippen molar-refractivity contribution in [1.82, 2.24) is 4.57 Å². The highest BCUT2D eigenvalue weighted by Gasteiger charge is 2.03. The summed E-state index contributed by atoms with van der Waals surface area (Å²) >= 11 is 12.1. The molecule has 0 radical (unpaired) electrons. The van der Waals surface area contributed by atoms with Gasteiger partial charge in [-0.1, -0.05) is 23.2 Å². The van der Waals surface area contributed by atoms with Crippen LogP contribution in [0.25, 0.3) is 0 Å². The topological polar surface area (TPSA) is 30.9 Å². The molecular weight excluding hydrogens is 255 g/mol. The van der Waals surface area contributed by atoms with Crippen molar-refractivity contribution < 1.29 is 0 Å². The summed E-state index contributed by atoms with van der Waals surface area (Å²) in [4.78, 5) is 0. The first-order valence-electron chi connectivity index (χ1n) is 5.47. The highest BCUT2D eigenvalue weighted by molar-refractivity contribution is 6.33. The molecule has 4 heteroatoms. The Bertz CT molecular complexity index is 506. The Labute approximate surface area is 111 Å². The fourth-order valence-electron chi connectivity index (χ4n) is 1.76. The molecule has 2 rings (SSSR count). The molecule has 0 amide bonds. The summed E-state index contributed by atoms with van der Waals surface area (Å²) in [5.41, 5.74) is 7.78. The molecule has 0 aliphatic heterocycles. The van der Waals surface area contributed by atoms with Gasteiger partial charge in [-0.05, 0) is 48.4 Å². The smallest absolute Gasteiger partial charge is 0.0485 e. The minimum atomic E-state index is 0.669. The van der Waals surface area contributed by atoms with Crippen molar-refractivity contribution in [1.29, 1.82) is 0 Å². The van der Waals surface area contributed by atoms with Gasteiger partial charge < -0.3 is 10.3 Å². The Hall–Kier alpha value is -0.960. The third-order valence-corrected chi connectivity index (χ3v) is 3.21. The van der Waals surface area contributed by atoms with Gasteiger partial charge >= 0.3 is 0 Å². The van der Waals surface area contributed by atoms with Crippen molar-refractivity contribution >= 4 is 23.2 Å². The zero-order valence-corrected chi connectivity index (χ0v) is 10.9. The fraction of sp³-hybridized carbons (Fsp3) is 0.231. The SMILES string of the molecule is NCCc1ccn(Cc2cc(Cl)ccc2Cl)c1. The molecular formula is C13H14Cl2N2. The number of benzene rings is 1. The molecule has 1 aromatic carbocycles. The number of nitrogens with zero attached hydrogens (tertiary/aromatic N) is 1. The highest BCUT2D eigenvalue weighted by atomic mass is 35.5. The molecule has 2 N–H and O–H groups in total. The summed E-state index contributed by atoms with van der Waals surface area (Å²) in [6.45, 7) is 1.39. The number of hydrogen-bond acceptors (Lipinski definition) is 1. The molecule has 0 atom stereocenters. The summed E-state index contributed by atoms with van der Waals surface area (Å²) in [6, 6.07) is 7.59. The molecule has 0 saturated carbocycles. The van der Waals surface area contributed by atoms with Gasteiger partial charge in [0.2, 0.25) is 0 Å². The van der Waals surface area contributed by atoms with Crippen molar-refractivity contribution in [2.75, 3.05) is 6.54 Å². The van der Waals surface area contributed by atoms with E-state index in [0.29, 0.717) is 11.6 Å². The van der Waals surface area contributed by atoms with E-state index in [9.17, 15) is 0 Å². The van der Waals surface area contributed by atoms with Gasteiger partial charge in [0, 0.05) is 29.0 Å². The molecule has 1 aromatic heterocycles. The van der Waals surface area contributed by atoms with Gasteiger partial charge in [0.25, 0.3) is 0 Å². The van der Waals surface area contributed by atoms with Crippen molar-refractivity contribution in [2.45, 2.75) is 13.0 Å². The van der Waals surface area contributed by atoms with E-state index in [4.69, 9.17) is 28.9 Å². The molecule has 0 aliphatic carbocycles. The van der Waals surface area contributed by atoms with Gasteiger partial charge in [0.05, 0.1) is 0 Å². The lowest BCUT2D eigenvalue weighted by molar-refractivity contribution is 0.800. The van der Waals surface area contributed by atoms with Gasteiger partial charge in [-0.3, -0.25) is 0 Å². The standard InChI is InChI=1S/C13H14Cl2N2/c14-12-1-2-13(15)11(7-12)9-17-6-4-10(8-17)3-5-16/h1-2,4,6-8H,3,5,9,16H2. The minimum absolute atomic E-state index is 0.669. The maximum atomic E-state index is 6.12. The molecule has 17 heavy (non-hydrogen) atoms. The van der Waals surface area contributed by atoms with Crippen LogP contribution in [0.3, 0.4) is 0 Å². The number of rotatable bonds is 4. The van der Waals surface area contributed by atoms with Crippen molar-refractivity contribution in [2.24, 2.45) is 5.73 Å². The van der Waals surface area contributed by atoms with Crippen LogP contribution in [0, 0.1) is 0 Å². The van der Waals surface area contributed by atoms with E-state index < -0.39 is 0 Å². The van der Waals surface area contributed by atoms with E-state index in [0.717, 1.165) is 23.6 Å². The lowest BCUT2D eigenvalue weighted by Gasteiger charge is -2.06. The molecule has 0 spiro atoms. The normalized spacial score (nSPS) is 10.8. The van der Waals surface area contributed by atoms with Gasteiger partial charge in [-0.15, -0.1) is 0 Å². The molecule has 2 aromatic rings. The van der Waals surface area contributed by atoms with Gasteiger partial charge in [0.15, 0.2) is 0 Å². The van der Waals surface area contributed by atoms with Gasteiger partial charge in [-0.25, -0.2) is 0 Å². The first-order valence-corrected chi connectivity index (χ1v) is 6.23. The van der Waals surface area contributed by atoms with Crippen molar-refractivity contribution in [3.05, 3.63) is 57.8 Å². The third kappa shape index (κ3) is 3.25. The second kappa shape index (κ2) is 5.58. The first-order chi connectivity index (χ1) is 8.19. The quantitative estimate of drug-likeness (QED) is 0.906. The van der Waals surface area contributed by atoms with Crippen LogP contribution in [0.15, 0.2) is 36.7 Å². The van der Waals surface area contributed by atoms with E-state index >= 15 is 0 Å². The molecule has 0 aliphatic rings. The van der Waals surface area contributed by atoms with Crippen molar-refractivity contribution in [3.63, 3.8) is 0 Å². The number of hydrogen-bond donors (Lipinski definition) is 1. The maximum Gasteiger partial charge on any atom is 0.0485 e. The average molecular weight is 269 g/mol. The average Bonchev–Trinajstić information content (AvgIpc) is 2.72. The Morgan fingerprint density at radius 2 is 2.00 bits per heavy atom. The lowest BCUT2D eigenvalue weighted by Crippen LogP contribution is -2.02. The van der Waals surface area contributed by atoms with Crippen LogP contribution in [0.2, 0.25) is 10.0 Å². The molecule has 0 unspecified atom stereocenters. The summed E-state index contributed by atoms with van der Waals surface area (Å²) < 4.78 is 2.09. The van der Waals surface area contributed by atoms with Crippen LogP contribution in [0.5, 0.6) is 0 Å². The minimum Gasteiger partial charge on any atom is -0.350 e. The van der Waals surface area contributed by atoms with Crippen LogP contribution in [0.4, 0.5) is 0 Å². The lowest BCUT2D eigenvalue weighted by atomic mass is 10.2. The van der Waals surface area contributed by atoms with Gasteiger partial charge in [0.1, 0.15) is 0 Å². The fourth-order valence-corrected chi connectivity index (χ4v) is 2.14. The molecule has 1 heterocycles. The van der Waals surface area contributed by atoms with Crippen LogP contribution in [0.1, 0.15) is 11.1 Å². The van der Waals surface area contributed by atoms with E-state index in [1.807, 2.05) is 18.3 Å². The Morgan fingerprint density at radius 3 is 2.76 bits per heavy atom. The van der Waals surface area contributed by atoms with Crippen molar-refractivity contribution in [3.8, 4) is 0 Å². The third-order valence-electron chi connectivity index (χ3n) is 2.61. The zero-order chi connectivity index (χ0) is 12.3. The predicted octanol–water partition coefficient (Wildman–Crippen LogP) is 3.34. The number of nitrogens with two attached hydrogens (primary N) is 1. The molecule has 2 nitrogen and oxygen atoms in total. The Balaban J connectivity index is 2.16. The van der Waals surface area contributed by atoms with Crippen LogP contribution >= 0.6 is 23.2 Å². The van der Waals surface area contributed by atoms with E-state index in [-0.39, 0.29) is 0 Å². The summed E-state index contributed by atoms with van der Waals surface area (Å²) in [7, 11) is 0. The Kier molecular flexibility index (Phi) is 4.11. The van der Waals surface area contributed by atoms with Gasteiger partial charge in [-0.2, -0.15) is 0 Å². The van der Waals surface area contributed by atoms with E-state index in [2.05, 4.69) is 16.8 Å². The first kappa shape index (κ1) is 12.5. The summed E-state index contributed by atoms with van der Waals surface area (Å²) in [5, 5.41) is 1.45.